The van der Waals surface area contributed by atoms with E-state index in [0.29, 0.717) is 33.4 Å². The van der Waals surface area contributed by atoms with Crippen molar-refractivity contribution >= 4 is 10.1 Å². The van der Waals surface area contributed by atoms with E-state index >= 15 is 0 Å². The summed E-state index contributed by atoms with van der Waals surface area (Å²) in [7, 11) is -5.41. The maximum Gasteiger partial charge on any atom is 0.283 e. The number of phenols is 3. The third-order valence-corrected chi connectivity index (χ3v) is 11.3. The van der Waals surface area contributed by atoms with Crippen LogP contribution in [0.3, 0.4) is 0 Å². The van der Waals surface area contributed by atoms with Gasteiger partial charge in [-0.2, -0.15) is 8.42 Å². The van der Waals surface area contributed by atoms with Gasteiger partial charge >= 0.3 is 0 Å². The first-order valence-electron chi connectivity index (χ1n) is 17.6. The molecule has 0 aliphatic rings. The second-order valence-corrected chi connectivity index (χ2v) is 22.0. The minimum absolute atomic E-state index is 0.139. The average molecular weight is 709 g/mol. The molecule has 3 aromatic carbocycles. The predicted octanol–water partition coefficient (Wildman–Crippen LogP) is 10.8. The van der Waals surface area contributed by atoms with E-state index in [0.717, 1.165) is 0 Å². The van der Waals surface area contributed by atoms with Crippen LogP contribution < -0.4 is 0 Å². The Labute approximate surface area is 303 Å². The largest absolute Gasteiger partial charge is 0.507 e. The normalized spacial score (nSPS) is 14.3. The summed E-state index contributed by atoms with van der Waals surface area (Å²) in [5, 5.41) is 37.5. The van der Waals surface area contributed by atoms with Crippen molar-refractivity contribution in [2.45, 2.75) is 162 Å². The molecule has 0 aromatic heterocycles. The highest BCUT2D eigenvalue weighted by molar-refractivity contribution is 7.87. The lowest BCUT2D eigenvalue weighted by molar-refractivity contribution is 0.399. The molecule has 0 atom stereocenters. The van der Waals surface area contributed by atoms with Crippen LogP contribution in [0, 0.1) is 0 Å². The van der Waals surface area contributed by atoms with Crippen molar-refractivity contribution in [1.82, 2.24) is 0 Å². The van der Waals surface area contributed by atoms with E-state index in [2.05, 4.69) is 0 Å². The first kappa shape index (κ1) is 41.4. The zero-order chi connectivity index (χ0) is 39.2. The summed E-state index contributed by atoms with van der Waals surface area (Å²) in [5.74, 6) is -1.00. The topological polar surface area (TPSA) is 115 Å². The van der Waals surface area contributed by atoms with Gasteiger partial charge in [0.15, 0.2) is 4.75 Å². The molecule has 0 saturated carbocycles. The average Bonchev–Trinajstić information content (AvgIpc) is 2.86. The van der Waals surface area contributed by atoms with Gasteiger partial charge in [-0.1, -0.05) is 143 Å². The number of aromatic hydroxyl groups is 3. The minimum atomic E-state index is -5.41. The molecule has 6 nitrogen and oxygen atoms in total. The Morgan fingerprint density at radius 3 is 0.680 bits per heavy atom. The third-order valence-electron chi connectivity index (χ3n) is 9.88. The maximum absolute atomic E-state index is 14.9. The highest BCUT2D eigenvalue weighted by atomic mass is 32.2. The Morgan fingerprint density at radius 1 is 0.360 bits per heavy atom. The van der Waals surface area contributed by atoms with Gasteiger partial charge in [0, 0.05) is 16.7 Å². The van der Waals surface area contributed by atoms with Gasteiger partial charge in [-0.25, -0.2) is 0 Å². The Kier molecular flexibility index (Phi) is 10.2. The number of rotatable bonds is 4. The lowest BCUT2D eigenvalue weighted by Gasteiger charge is -2.40. The van der Waals surface area contributed by atoms with Crippen LogP contribution in [0.1, 0.15) is 175 Å². The minimum Gasteiger partial charge on any atom is -0.507 e. The Bertz CT molecular complexity index is 1690. The fourth-order valence-electron chi connectivity index (χ4n) is 6.57. The Morgan fingerprint density at radius 2 is 0.540 bits per heavy atom. The molecule has 0 bridgehead atoms. The summed E-state index contributed by atoms with van der Waals surface area (Å²) >= 11 is 0. The molecule has 0 aliphatic heterocycles. The van der Waals surface area contributed by atoms with Crippen molar-refractivity contribution in [2.24, 2.45) is 0 Å². The van der Waals surface area contributed by atoms with Crippen molar-refractivity contribution in [1.29, 1.82) is 0 Å². The van der Waals surface area contributed by atoms with Crippen LogP contribution >= 0.6 is 0 Å². The highest BCUT2D eigenvalue weighted by Crippen LogP contribution is 2.58. The molecule has 0 heterocycles. The van der Waals surface area contributed by atoms with Crippen molar-refractivity contribution in [3.63, 3.8) is 0 Å². The van der Waals surface area contributed by atoms with Crippen LogP contribution in [0.15, 0.2) is 36.4 Å². The fourth-order valence-corrected chi connectivity index (χ4v) is 7.88. The third kappa shape index (κ3) is 7.46. The lowest BCUT2D eigenvalue weighted by Crippen LogP contribution is -2.40. The van der Waals surface area contributed by atoms with Crippen LogP contribution in [0.4, 0.5) is 0 Å². The molecule has 0 aliphatic carbocycles. The van der Waals surface area contributed by atoms with E-state index < -0.39 is 47.4 Å². The summed E-state index contributed by atoms with van der Waals surface area (Å²) in [6.07, 6.45) is 0. The molecular weight excluding hydrogens is 645 g/mol. The zero-order valence-corrected chi connectivity index (χ0v) is 34.8. The standard InChI is InChI=1S/C43H64O6S/c1-37(2,3)25-19-28(40(10,11)12)34(44)31(22-25)43(50(47,48)49,32-23-26(38(4,5)6)20-29(35(32)45)41(13,14)15)33-24-27(39(7,8)9)21-30(36(33)46)42(16,17)18/h19-24,44-46H,1-18H3,(H,47,48,49). The molecule has 50 heavy (non-hydrogen) atoms. The Hall–Kier alpha value is -3.03. The van der Waals surface area contributed by atoms with E-state index in [4.69, 9.17) is 0 Å². The number of phenolic OH excluding ortho intramolecular Hbond substituents is 3. The second-order valence-electron chi connectivity index (χ2n) is 20.4. The van der Waals surface area contributed by atoms with E-state index in [1.807, 2.05) is 143 Å². The summed E-state index contributed by atoms with van der Waals surface area (Å²) in [6.45, 7) is 35.3. The van der Waals surface area contributed by atoms with Crippen molar-refractivity contribution in [3.8, 4) is 17.2 Å². The molecule has 0 radical (unpaired) electrons. The molecule has 0 amide bonds. The molecule has 3 aromatic rings. The van der Waals surface area contributed by atoms with Crippen LogP contribution in [0.25, 0.3) is 0 Å². The zero-order valence-electron chi connectivity index (χ0n) is 34.0. The van der Waals surface area contributed by atoms with Gasteiger partial charge in [0.25, 0.3) is 10.1 Å². The summed E-state index contributed by atoms with van der Waals surface area (Å²) in [4.78, 5) is 0. The van der Waals surface area contributed by atoms with Crippen LogP contribution in [-0.2, 0) is 47.4 Å². The predicted molar refractivity (Wildman–Crippen MR) is 208 cm³/mol. The fraction of sp³-hybridized carbons (Fsp3) is 0.581. The molecule has 7 heteroatoms. The number of hydrogen-bond acceptors (Lipinski definition) is 5. The van der Waals surface area contributed by atoms with Gasteiger partial charge in [0.05, 0.1) is 0 Å². The summed E-state index contributed by atoms with van der Waals surface area (Å²) in [6, 6.07) is 10.5. The Balaban J connectivity index is 3.06. The number of benzene rings is 3. The smallest absolute Gasteiger partial charge is 0.283 e. The molecule has 0 unspecified atom stereocenters. The first-order valence-corrected chi connectivity index (χ1v) is 19.0. The van der Waals surface area contributed by atoms with Gasteiger partial charge in [-0.3, -0.25) is 4.55 Å². The molecule has 4 N–H and O–H groups in total. The molecular formula is C43H64O6S. The van der Waals surface area contributed by atoms with E-state index in [1.54, 1.807) is 18.2 Å². The SMILES string of the molecule is CC(C)(C)c1cc(C(C)(C)C)c(O)c(C(c2cc(C(C)(C)C)cc(C(C)(C)C)c2O)(c2cc(C(C)(C)C)cc(C(C)(C)C)c2O)S(=O)(=O)O)c1. The molecule has 0 saturated heterocycles. The van der Waals surface area contributed by atoms with Crippen LogP contribution in [-0.4, -0.2) is 28.3 Å². The number of hydrogen-bond donors (Lipinski definition) is 4. The van der Waals surface area contributed by atoms with Crippen molar-refractivity contribution < 1.29 is 28.3 Å². The lowest BCUT2D eigenvalue weighted by atomic mass is 9.70. The van der Waals surface area contributed by atoms with Gasteiger partial charge in [-0.15, -0.1) is 0 Å². The van der Waals surface area contributed by atoms with Gasteiger partial charge in [0.1, 0.15) is 17.2 Å². The van der Waals surface area contributed by atoms with E-state index in [-0.39, 0.29) is 33.9 Å². The van der Waals surface area contributed by atoms with Crippen LogP contribution in [0.5, 0.6) is 17.2 Å². The van der Waals surface area contributed by atoms with E-state index in [1.165, 1.54) is 0 Å². The van der Waals surface area contributed by atoms with Crippen LogP contribution in [0.2, 0.25) is 0 Å². The summed E-state index contributed by atoms with van der Waals surface area (Å²) in [5.41, 5.74) is -0.418. The maximum atomic E-state index is 14.9. The molecule has 0 spiro atoms. The second kappa shape index (κ2) is 12.3. The highest BCUT2D eigenvalue weighted by Gasteiger charge is 2.56. The van der Waals surface area contributed by atoms with E-state index in [9.17, 15) is 28.3 Å². The van der Waals surface area contributed by atoms with Gasteiger partial charge in [-0.05, 0) is 84.1 Å². The molecule has 3 rings (SSSR count). The molecule has 278 valence electrons. The van der Waals surface area contributed by atoms with Gasteiger partial charge in [0.2, 0.25) is 0 Å². The molecule has 0 fully saturated rings. The quantitative estimate of drug-likeness (QED) is 0.158. The van der Waals surface area contributed by atoms with Crippen molar-refractivity contribution in [2.75, 3.05) is 0 Å². The van der Waals surface area contributed by atoms with Gasteiger partial charge < -0.3 is 15.3 Å². The summed E-state index contributed by atoms with van der Waals surface area (Å²) < 4.78 is 39.2. The van der Waals surface area contributed by atoms with Crippen molar-refractivity contribution in [3.05, 3.63) is 86.5 Å². The monoisotopic (exact) mass is 708 g/mol. The first-order chi connectivity index (χ1) is 22.0.